The molecule has 4 aromatic rings. The average Bonchev–Trinajstić information content (AvgIpc) is 3.64. The van der Waals surface area contributed by atoms with Gasteiger partial charge in [-0.1, -0.05) is 36.4 Å². The van der Waals surface area contributed by atoms with Gasteiger partial charge in [-0.05, 0) is 59.2 Å². The number of nitrogens with zero attached hydrogens (tertiary/aromatic N) is 2. The second-order valence-corrected chi connectivity index (χ2v) is 8.17. The highest BCUT2D eigenvalue weighted by Gasteiger charge is 2.43. The number of hydrogen-bond donors (Lipinski definition) is 0. The minimum absolute atomic E-state index is 0.0464. The maximum Gasteiger partial charge on any atom is 0.338 e. The summed E-state index contributed by atoms with van der Waals surface area (Å²) in [4.78, 5) is 33.3. The maximum absolute atomic E-state index is 12.8. The van der Waals surface area contributed by atoms with E-state index in [4.69, 9.17) is 4.74 Å². The lowest BCUT2D eigenvalue weighted by atomic mass is 10.0. The summed E-state index contributed by atoms with van der Waals surface area (Å²) in [6.07, 6.45) is 6.57. The lowest BCUT2D eigenvalue weighted by molar-refractivity contribution is -0.119. The number of Topliss-reactive ketones (excluding diaryl/α,β-unsaturated/α-hetero) is 1. The SMILES string of the molecule is O=C(OCc1ccccn1)c1ccc([C@@H]2C[C@H]2C(=O)Cc2ccc3cnccc3c2)cc1. The predicted molar refractivity (Wildman–Crippen MR) is 121 cm³/mol. The van der Waals surface area contributed by atoms with Crippen molar-refractivity contribution in [1.29, 1.82) is 0 Å². The fourth-order valence-corrected chi connectivity index (χ4v) is 4.07. The highest BCUT2D eigenvalue weighted by molar-refractivity contribution is 5.90. The van der Waals surface area contributed by atoms with E-state index < -0.39 is 0 Å². The minimum atomic E-state index is -0.378. The van der Waals surface area contributed by atoms with E-state index in [2.05, 4.69) is 16.0 Å². The molecule has 0 aliphatic heterocycles. The summed E-state index contributed by atoms with van der Waals surface area (Å²) in [5.41, 5.74) is 3.33. The van der Waals surface area contributed by atoms with Crippen molar-refractivity contribution in [2.45, 2.75) is 25.4 Å². The number of rotatable bonds is 7. The van der Waals surface area contributed by atoms with Crippen LogP contribution in [0.4, 0.5) is 0 Å². The number of benzene rings is 2. The third-order valence-corrected chi connectivity index (χ3v) is 5.94. The summed E-state index contributed by atoms with van der Waals surface area (Å²) < 4.78 is 5.33. The highest BCUT2D eigenvalue weighted by Crippen LogP contribution is 2.48. The van der Waals surface area contributed by atoms with E-state index in [1.54, 1.807) is 24.5 Å². The van der Waals surface area contributed by atoms with Crippen molar-refractivity contribution in [3.63, 3.8) is 0 Å². The molecule has 0 N–H and O–H groups in total. The molecule has 0 bridgehead atoms. The van der Waals surface area contributed by atoms with Gasteiger partial charge in [0.25, 0.3) is 0 Å². The summed E-state index contributed by atoms with van der Waals surface area (Å²) in [5.74, 6) is 0.162. The van der Waals surface area contributed by atoms with Gasteiger partial charge in [-0.2, -0.15) is 0 Å². The highest BCUT2D eigenvalue weighted by atomic mass is 16.5. The van der Waals surface area contributed by atoms with E-state index in [9.17, 15) is 9.59 Å². The van der Waals surface area contributed by atoms with Crippen LogP contribution < -0.4 is 0 Å². The van der Waals surface area contributed by atoms with Gasteiger partial charge >= 0.3 is 5.97 Å². The van der Waals surface area contributed by atoms with Gasteiger partial charge in [0.1, 0.15) is 12.4 Å². The van der Waals surface area contributed by atoms with Crippen molar-refractivity contribution < 1.29 is 14.3 Å². The molecule has 0 saturated heterocycles. The van der Waals surface area contributed by atoms with Crippen molar-refractivity contribution in [2.75, 3.05) is 0 Å². The average molecular weight is 422 g/mol. The molecular formula is C27H22N2O3. The van der Waals surface area contributed by atoms with Gasteiger partial charge in [-0.3, -0.25) is 14.8 Å². The van der Waals surface area contributed by atoms with E-state index in [0.717, 1.165) is 28.3 Å². The van der Waals surface area contributed by atoms with Crippen molar-refractivity contribution in [2.24, 2.45) is 5.92 Å². The van der Waals surface area contributed by atoms with Crippen LogP contribution in [-0.4, -0.2) is 21.7 Å². The van der Waals surface area contributed by atoms with Gasteiger partial charge in [0.15, 0.2) is 0 Å². The second-order valence-electron chi connectivity index (χ2n) is 8.17. The maximum atomic E-state index is 12.8. The minimum Gasteiger partial charge on any atom is -0.456 e. The number of aromatic nitrogens is 2. The quantitative estimate of drug-likeness (QED) is 0.396. The van der Waals surface area contributed by atoms with Crippen molar-refractivity contribution >= 4 is 22.5 Å². The largest absolute Gasteiger partial charge is 0.456 e. The zero-order valence-electron chi connectivity index (χ0n) is 17.5. The third kappa shape index (κ3) is 4.42. The summed E-state index contributed by atoms with van der Waals surface area (Å²) in [6.45, 7) is 0.145. The predicted octanol–water partition coefficient (Wildman–Crippen LogP) is 4.90. The van der Waals surface area contributed by atoms with Crippen LogP contribution in [0.5, 0.6) is 0 Å². The molecule has 0 unspecified atom stereocenters. The molecular weight excluding hydrogens is 400 g/mol. The van der Waals surface area contributed by atoms with Crippen LogP contribution in [0.1, 0.15) is 39.5 Å². The first-order valence-electron chi connectivity index (χ1n) is 10.7. The number of esters is 1. The van der Waals surface area contributed by atoms with E-state index in [-0.39, 0.29) is 30.2 Å². The Morgan fingerprint density at radius 2 is 1.81 bits per heavy atom. The molecule has 2 aromatic carbocycles. The van der Waals surface area contributed by atoms with E-state index in [1.165, 1.54) is 0 Å². The Morgan fingerprint density at radius 1 is 0.938 bits per heavy atom. The zero-order valence-corrected chi connectivity index (χ0v) is 17.5. The molecule has 1 saturated carbocycles. The third-order valence-electron chi connectivity index (χ3n) is 5.94. The molecule has 5 nitrogen and oxygen atoms in total. The fraction of sp³-hybridized carbons (Fsp3) is 0.185. The number of carbonyl (C=O) groups is 2. The molecule has 2 atom stereocenters. The molecule has 1 aliphatic carbocycles. The smallest absolute Gasteiger partial charge is 0.338 e. The lowest BCUT2D eigenvalue weighted by Gasteiger charge is -2.06. The number of hydrogen-bond acceptors (Lipinski definition) is 5. The van der Waals surface area contributed by atoms with Gasteiger partial charge in [0.2, 0.25) is 0 Å². The molecule has 5 heteroatoms. The van der Waals surface area contributed by atoms with Gasteiger partial charge in [-0.25, -0.2) is 4.79 Å². The standard InChI is InChI=1S/C27H22N2O3/c30-26(14-18-4-5-22-16-28-12-10-21(22)13-18)25-15-24(25)19-6-8-20(9-7-19)27(31)32-17-23-3-1-2-11-29-23/h1-13,16,24-25H,14-15,17H2/t24-,25+/m0/s1. The summed E-state index contributed by atoms with van der Waals surface area (Å²) >= 11 is 0. The topological polar surface area (TPSA) is 69.2 Å². The first-order valence-corrected chi connectivity index (χ1v) is 10.7. The van der Waals surface area contributed by atoms with Gasteiger partial charge in [-0.15, -0.1) is 0 Å². The molecule has 32 heavy (non-hydrogen) atoms. The number of carbonyl (C=O) groups excluding carboxylic acids is 2. The molecule has 0 amide bonds. The first kappa shape index (κ1) is 20.1. The second kappa shape index (κ2) is 8.71. The van der Waals surface area contributed by atoms with Crippen LogP contribution in [0, 0.1) is 5.92 Å². The van der Waals surface area contributed by atoms with Crippen LogP contribution in [0.2, 0.25) is 0 Å². The number of fused-ring (bicyclic) bond motifs is 1. The summed E-state index contributed by atoms with van der Waals surface area (Å²) in [5, 5.41) is 2.18. The van der Waals surface area contributed by atoms with Gasteiger partial charge in [0, 0.05) is 36.3 Å². The molecule has 2 heterocycles. The monoisotopic (exact) mass is 422 g/mol. The Kier molecular flexibility index (Phi) is 5.46. The van der Waals surface area contributed by atoms with E-state index >= 15 is 0 Å². The van der Waals surface area contributed by atoms with Crippen molar-refractivity contribution in [3.05, 3.63) is 108 Å². The molecule has 1 aliphatic rings. The molecule has 1 fully saturated rings. The van der Waals surface area contributed by atoms with Crippen LogP contribution >= 0.6 is 0 Å². The molecule has 0 spiro atoms. The Balaban J connectivity index is 1.17. The summed E-state index contributed by atoms with van der Waals surface area (Å²) in [7, 11) is 0. The Hall–Kier alpha value is -3.86. The lowest BCUT2D eigenvalue weighted by Crippen LogP contribution is -2.07. The van der Waals surface area contributed by atoms with Crippen LogP contribution in [0.3, 0.4) is 0 Å². The van der Waals surface area contributed by atoms with Crippen LogP contribution in [0.15, 0.2) is 85.3 Å². The van der Waals surface area contributed by atoms with Gasteiger partial charge in [0.05, 0.1) is 11.3 Å². The Morgan fingerprint density at radius 3 is 2.62 bits per heavy atom. The van der Waals surface area contributed by atoms with Crippen LogP contribution in [0.25, 0.3) is 10.8 Å². The number of ketones is 1. The first-order chi connectivity index (χ1) is 15.7. The van der Waals surface area contributed by atoms with Crippen LogP contribution in [-0.2, 0) is 22.6 Å². The normalized spacial score (nSPS) is 17.1. The van der Waals surface area contributed by atoms with Gasteiger partial charge < -0.3 is 4.74 Å². The molecule has 2 aromatic heterocycles. The molecule has 0 radical (unpaired) electrons. The zero-order chi connectivity index (χ0) is 21.9. The number of pyridine rings is 2. The molecule has 5 rings (SSSR count). The summed E-state index contributed by atoms with van der Waals surface area (Å²) in [6, 6.07) is 20.9. The van der Waals surface area contributed by atoms with Crippen molar-refractivity contribution in [3.8, 4) is 0 Å². The Bertz CT molecular complexity index is 1270. The number of ether oxygens (including phenoxy) is 1. The molecule has 158 valence electrons. The van der Waals surface area contributed by atoms with E-state index in [1.807, 2.05) is 54.7 Å². The van der Waals surface area contributed by atoms with E-state index in [0.29, 0.717) is 17.7 Å². The fourth-order valence-electron chi connectivity index (χ4n) is 4.07. The van der Waals surface area contributed by atoms with Crippen molar-refractivity contribution in [1.82, 2.24) is 9.97 Å². The Labute approximate surface area is 186 Å².